The van der Waals surface area contributed by atoms with Crippen molar-refractivity contribution < 1.29 is 0 Å². The second kappa shape index (κ2) is 6.95. The summed E-state index contributed by atoms with van der Waals surface area (Å²) < 4.78 is 0. The van der Waals surface area contributed by atoms with Crippen LogP contribution in [0.1, 0.15) is 36.5 Å². The van der Waals surface area contributed by atoms with Gasteiger partial charge in [0.15, 0.2) is 0 Å². The van der Waals surface area contributed by atoms with E-state index in [0.717, 1.165) is 30.9 Å². The number of nitrogens with one attached hydrogen (secondary N) is 1. The Morgan fingerprint density at radius 2 is 1.95 bits per heavy atom. The van der Waals surface area contributed by atoms with Crippen LogP contribution >= 0.6 is 0 Å². The molecule has 2 aromatic rings. The molecule has 0 aliphatic heterocycles. The van der Waals surface area contributed by atoms with Gasteiger partial charge in [0.25, 0.3) is 0 Å². The number of nitrogens with zero attached hydrogens (tertiary/aromatic N) is 3. The first-order chi connectivity index (χ1) is 9.29. The molecule has 4 nitrogen and oxygen atoms in total. The maximum absolute atomic E-state index is 4.46. The highest BCUT2D eigenvalue weighted by atomic mass is 15.0. The van der Waals surface area contributed by atoms with Gasteiger partial charge in [-0.15, -0.1) is 0 Å². The SMILES string of the molecule is CCCNC(Cc1ccc(C)cn1)c1ncccn1. The molecule has 0 radical (unpaired) electrons. The van der Waals surface area contributed by atoms with Crippen molar-refractivity contribution in [2.45, 2.75) is 32.7 Å². The number of aromatic nitrogens is 3. The van der Waals surface area contributed by atoms with Crippen molar-refractivity contribution in [2.75, 3.05) is 6.54 Å². The summed E-state index contributed by atoms with van der Waals surface area (Å²) in [7, 11) is 0. The van der Waals surface area contributed by atoms with E-state index in [2.05, 4.69) is 39.3 Å². The highest BCUT2D eigenvalue weighted by molar-refractivity contribution is 5.14. The molecular formula is C15H20N4. The number of hydrogen-bond donors (Lipinski definition) is 1. The van der Waals surface area contributed by atoms with Gasteiger partial charge in [0, 0.05) is 30.7 Å². The summed E-state index contributed by atoms with van der Waals surface area (Å²) in [6.07, 6.45) is 7.37. The van der Waals surface area contributed by atoms with Gasteiger partial charge < -0.3 is 5.32 Å². The molecule has 19 heavy (non-hydrogen) atoms. The Bertz CT molecular complexity index is 481. The number of aryl methyl sites for hydroxylation is 1. The summed E-state index contributed by atoms with van der Waals surface area (Å²) in [5.74, 6) is 0.832. The topological polar surface area (TPSA) is 50.7 Å². The Hall–Kier alpha value is -1.81. The van der Waals surface area contributed by atoms with E-state index in [1.807, 2.05) is 19.2 Å². The van der Waals surface area contributed by atoms with Crippen LogP contribution in [0.3, 0.4) is 0 Å². The van der Waals surface area contributed by atoms with Crippen LogP contribution in [-0.4, -0.2) is 21.5 Å². The van der Waals surface area contributed by atoms with Gasteiger partial charge in [-0.05, 0) is 37.6 Å². The lowest BCUT2D eigenvalue weighted by molar-refractivity contribution is 0.500. The summed E-state index contributed by atoms with van der Waals surface area (Å²) in [4.78, 5) is 13.1. The average Bonchev–Trinajstić information content (AvgIpc) is 2.46. The minimum atomic E-state index is 0.122. The molecule has 2 heterocycles. The molecule has 0 saturated heterocycles. The van der Waals surface area contributed by atoms with Gasteiger partial charge >= 0.3 is 0 Å². The number of rotatable bonds is 6. The summed E-state index contributed by atoms with van der Waals surface area (Å²) in [6, 6.07) is 6.12. The van der Waals surface area contributed by atoms with E-state index in [1.165, 1.54) is 5.56 Å². The van der Waals surface area contributed by atoms with E-state index >= 15 is 0 Å². The fourth-order valence-corrected chi connectivity index (χ4v) is 1.89. The molecule has 0 aliphatic carbocycles. The molecule has 4 heteroatoms. The van der Waals surface area contributed by atoms with E-state index < -0.39 is 0 Å². The van der Waals surface area contributed by atoms with Crippen molar-refractivity contribution in [2.24, 2.45) is 0 Å². The molecule has 1 unspecified atom stereocenters. The summed E-state index contributed by atoms with van der Waals surface area (Å²) in [5.41, 5.74) is 2.24. The van der Waals surface area contributed by atoms with Gasteiger partial charge in [0.2, 0.25) is 0 Å². The van der Waals surface area contributed by atoms with Crippen LogP contribution < -0.4 is 5.32 Å². The van der Waals surface area contributed by atoms with Gasteiger partial charge in [-0.3, -0.25) is 4.98 Å². The smallest absolute Gasteiger partial charge is 0.145 e. The van der Waals surface area contributed by atoms with Crippen molar-refractivity contribution in [3.63, 3.8) is 0 Å². The highest BCUT2D eigenvalue weighted by Crippen LogP contribution is 2.13. The molecule has 0 spiro atoms. The fourth-order valence-electron chi connectivity index (χ4n) is 1.89. The zero-order valence-electron chi connectivity index (χ0n) is 11.5. The van der Waals surface area contributed by atoms with Gasteiger partial charge in [-0.25, -0.2) is 9.97 Å². The predicted octanol–water partition coefficient (Wildman–Crippen LogP) is 2.46. The molecule has 2 rings (SSSR count). The number of hydrogen-bond acceptors (Lipinski definition) is 4. The predicted molar refractivity (Wildman–Crippen MR) is 75.7 cm³/mol. The van der Waals surface area contributed by atoms with Crippen LogP contribution in [0.4, 0.5) is 0 Å². The quantitative estimate of drug-likeness (QED) is 0.862. The van der Waals surface area contributed by atoms with Crippen LogP contribution in [0.2, 0.25) is 0 Å². The lowest BCUT2D eigenvalue weighted by Crippen LogP contribution is -2.26. The molecule has 100 valence electrons. The average molecular weight is 256 g/mol. The van der Waals surface area contributed by atoms with Crippen molar-refractivity contribution in [3.05, 3.63) is 53.9 Å². The van der Waals surface area contributed by atoms with E-state index in [0.29, 0.717) is 0 Å². The zero-order valence-corrected chi connectivity index (χ0v) is 11.5. The molecule has 0 aromatic carbocycles. The molecule has 1 atom stereocenters. The van der Waals surface area contributed by atoms with Crippen molar-refractivity contribution in [1.29, 1.82) is 0 Å². The lowest BCUT2D eigenvalue weighted by atomic mass is 10.1. The van der Waals surface area contributed by atoms with Crippen LogP contribution in [0, 0.1) is 6.92 Å². The molecule has 0 bridgehead atoms. The molecule has 0 amide bonds. The summed E-state index contributed by atoms with van der Waals surface area (Å²) >= 11 is 0. The number of pyridine rings is 1. The molecule has 1 N–H and O–H groups in total. The Morgan fingerprint density at radius 1 is 1.16 bits per heavy atom. The van der Waals surface area contributed by atoms with Gasteiger partial charge in [-0.1, -0.05) is 13.0 Å². The minimum Gasteiger partial charge on any atom is -0.307 e. The fraction of sp³-hybridized carbons (Fsp3) is 0.400. The molecule has 0 saturated carbocycles. The second-order valence-electron chi connectivity index (χ2n) is 4.64. The van der Waals surface area contributed by atoms with Crippen LogP contribution in [0.15, 0.2) is 36.8 Å². The Balaban J connectivity index is 2.11. The van der Waals surface area contributed by atoms with Crippen LogP contribution in [-0.2, 0) is 6.42 Å². The largest absolute Gasteiger partial charge is 0.307 e. The van der Waals surface area contributed by atoms with Gasteiger partial charge in [0.05, 0.1) is 6.04 Å². The summed E-state index contributed by atoms with van der Waals surface area (Å²) in [6.45, 7) is 5.15. The second-order valence-corrected chi connectivity index (χ2v) is 4.64. The van der Waals surface area contributed by atoms with Crippen LogP contribution in [0.25, 0.3) is 0 Å². The molecule has 2 aromatic heterocycles. The lowest BCUT2D eigenvalue weighted by Gasteiger charge is -2.16. The van der Waals surface area contributed by atoms with E-state index in [4.69, 9.17) is 0 Å². The zero-order chi connectivity index (χ0) is 13.5. The third kappa shape index (κ3) is 4.10. The summed E-state index contributed by atoms with van der Waals surface area (Å²) in [5, 5.41) is 3.48. The van der Waals surface area contributed by atoms with Crippen LogP contribution in [0.5, 0.6) is 0 Å². The van der Waals surface area contributed by atoms with E-state index in [1.54, 1.807) is 12.4 Å². The monoisotopic (exact) mass is 256 g/mol. The molecule has 0 aliphatic rings. The highest BCUT2D eigenvalue weighted by Gasteiger charge is 2.14. The third-order valence-corrected chi connectivity index (χ3v) is 2.92. The van der Waals surface area contributed by atoms with Gasteiger partial charge in [-0.2, -0.15) is 0 Å². The standard InChI is InChI=1S/C15H20N4/c1-3-7-16-14(15-17-8-4-9-18-15)10-13-6-5-12(2)11-19-13/h4-6,8-9,11,14,16H,3,7,10H2,1-2H3. The normalized spacial score (nSPS) is 12.3. The van der Waals surface area contributed by atoms with E-state index in [9.17, 15) is 0 Å². The van der Waals surface area contributed by atoms with Gasteiger partial charge in [0.1, 0.15) is 5.82 Å². The van der Waals surface area contributed by atoms with Crippen molar-refractivity contribution in [1.82, 2.24) is 20.3 Å². The van der Waals surface area contributed by atoms with Crippen molar-refractivity contribution in [3.8, 4) is 0 Å². The third-order valence-electron chi connectivity index (χ3n) is 2.92. The Kier molecular flexibility index (Phi) is 4.98. The minimum absolute atomic E-state index is 0.122. The first-order valence-electron chi connectivity index (χ1n) is 6.71. The maximum atomic E-state index is 4.46. The Morgan fingerprint density at radius 3 is 2.58 bits per heavy atom. The van der Waals surface area contributed by atoms with Crippen molar-refractivity contribution >= 4 is 0 Å². The Labute approximate surface area is 114 Å². The molecule has 0 fully saturated rings. The first-order valence-corrected chi connectivity index (χ1v) is 6.71. The first kappa shape index (κ1) is 13.6. The van der Waals surface area contributed by atoms with E-state index in [-0.39, 0.29) is 6.04 Å². The molecular weight excluding hydrogens is 236 g/mol. The maximum Gasteiger partial charge on any atom is 0.145 e.